The largest absolute Gasteiger partial charge is 0.494 e. The minimum absolute atomic E-state index is 0.256. The van der Waals surface area contributed by atoms with E-state index in [2.05, 4.69) is 50.4 Å². The second-order valence-corrected chi connectivity index (χ2v) is 10.1. The molecule has 0 unspecified atom stereocenters. The summed E-state index contributed by atoms with van der Waals surface area (Å²) in [5, 5.41) is 4.85. The molecular weight excluding hydrogens is 492 g/mol. The number of ketones is 1. The number of hydrogen-bond donors (Lipinski definition) is 1. The Labute approximate surface area is 224 Å². The number of methoxy groups -OCH3 is 1. The summed E-state index contributed by atoms with van der Waals surface area (Å²) in [5.41, 5.74) is 5.15. The van der Waals surface area contributed by atoms with Gasteiger partial charge in [-0.25, -0.2) is 14.6 Å². The van der Waals surface area contributed by atoms with Crippen molar-refractivity contribution in [1.82, 2.24) is 29.6 Å². The lowest BCUT2D eigenvalue weighted by Crippen LogP contribution is -2.48. The smallest absolute Gasteiger partial charge is 0.295 e. The number of carbonyl (C=O) groups excluding carboxylic acids is 2. The van der Waals surface area contributed by atoms with Gasteiger partial charge in [-0.1, -0.05) is 48.5 Å². The van der Waals surface area contributed by atoms with Crippen LogP contribution in [-0.4, -0.2) is 55.0 Å². The van der Waals surface area contributed by atoms with Gasteiger partial charge in [-0.15, -0.1) is 0 Å². The fourth-order valence-corrected chi connectivity index (χ4v) is 6.01. The molecule has 1 saturated carbocycles. The van der Waals surface area contributed by atoms with Crippen molar-refractivity contribution >= 4 is 22.6 Å². The van der Waals surface area contributed by atoms with E-state index < -0.39 is 17.2 Å². The highest BCUT2D eigenvalue weighted by atomic mass is 16.5. The van der Waals surface area contributed by atoms with E-state index in [4.69, 9.17) is 4.74 Å². The Morgan fingerprint density at radius 1 is 1.05 bits per heavy atom. The highest BCUT2D eigenvalue weighted by Gasteiger charge is 2.55. The molecular formula is C30H26N6O3. The molecule has 5 aromatic rings. The first-order chi connectivity index (χ1) is 19.0. The lowest BCUT2D eigenvalue weighted by molar-refractivity contribution is -0.130. The first-order valence-electron chi connectivity index (χ1n) is 13.0. The molecule has 9 heteroatoms. The Balaban J connectivity index is 1.27. The number of fused-ring (bicyclic) bond motifs is 3. The Hall–Kier alpha value is -4.79. The Morgan fingerprint density at radius 3 is 2.59 bits per heavy atom. The molecule has 0 bridgehead atoms. The van der Waals surface area contributed by atoms with Crippen LogP contribution in [0.5, 0.6) is 5.75 Å². The van der Waals surface area contributed by atoms with Gasteiger partial charge in [0.1, 0.15) is 17.9 Å². The van der Waals surface area contributed by atoms with E-state index in [1.807, 2.05) is 18.2 Å². The van der Waals surface area contributed by atoms with Crippen molar-refractivity contribution in [2.45, 2.75) is 31.7 Å². The number of nitrogens with one attached hydrogen (secondary N) is 1. The summed E-state index contributed by atoms with van der Waals surface area (Å²) in [7, 11) is 1.52. The van der Waals surface area contributed by atoms with Crippen molar-refractivity contribution in [1.29, 1.82) is 0 Å². The van der Waals surface area contributed by atoms with E-state index in [1.165, 1.54) is 34.7 Å². The third kappa shape index (κ3) is 3.49. The number of ether oxygens (including phenoxy) is 1. The first-order valence-corrected chi connectivity index (χ1v) is 13.0. The number of rotatable bonds is 5. The van der Waals surface area contributed by atoms with Gasteiger partial charge in [0.15, 0.2) is 5.82 Å². The van der Waals surface area contributed by atoms with Crippen molar-refractivity contribution < 1.29 is 14.3 Å². The van der Waals surface area contributed by atoms with E-state index in [1.54, 1.807) is 24.3 Å². The number of aromatic amines is 1. The zero-order chi connectivity index (χ0) is 26.7. The number of nitrogens with zero attached hydrogens (tertiary/aromatic N) is 5. The van der Waals surface area contributed by atoms with Gasteiger partial charge in [-0.05, 0) is 48.4 Å². The fraction of sp³-hybridized carbons (Fsp3) is 0.233. The molecule has 39 heavy (non-hydrogen) atoms. The Morgan fingerprint density at radius 2 is 1.87 bits per heavy atom. The Kier molecular flexibility index (Phi) is 5.16. The lowest BCUT2D eigenvalue weighted by Gasteiger charge is -2.38. The molecule has 1 aliphatic heterocycles. The molecule has 1 N–H and O–H groups in total. The van der Waals surface area contributed by atoms with Crippen molar-refractivity contribution in [3.63, 3.8) is 0 Å². The van der Waals surface area contributed by atoms with Gasteiger partial charge in [0.05, 0.1) is 35.3 Å². The quantitative estimate of drug-likeness (QED) is 0.273. The van der Waals surface area contributed by atoms with Crippen LogP contribution in [0, 0.1) is 6.92 Å². The number of carbonyl (C=O) groups is 2. The molecule has 1 fully saturated rings. The molecule has 0 atom stereocenters. The molecule has 3 aromatic heterocycles. The summed E-state index contributed by atoms with van der Waals surface area (Å²) < 4.78 is 7.08. The number of aryl methyl sites for hydroxylation is 1. The standard InChI is InChI=1S/C30H26N6O3/c1-18-33-17-36(34-18)28-26-25(24(39-2)16-32-28)22(15-31-26)27(37)29(38)35-14-11-21-20(19-7-4-3-5-8-19)9-6-10-23(21)30(35)12-13-30/h3-10,15-17,31H,11-14H2,1-2H3. The normalized spacial score (nSPS) is 15.4. The number of hydrogen-bond acceptors (Lipinski definition) is 6. The molecule has 1 spiro atoms. The number of aromatic nitrogens is 5. The fourth-order valence-electron chi connectivity index (χ4n) is 6.01. The summed E-state index contributed by atoms with van der Waals surface area (Å²) in [6, 6.07) is 16.6. The maximum atomic E-state index is 13.9. The van der Waals surface area contributed by atoms with Gasteiger partial charge in [0.25, 0.3) is 11.7 Å². The number of pyridine rings is 1. The van der Waals surface area contributed by atoms with Crippen LogP contribution >= 0.6 is 0 Å². The predicted molar refractivity (Wildman–Crippen MR) is 145 cm³/mol. The van der Waals surface area contributed by atoms with Crippen molar-refractivity contribution in [2.24, 2.45) is 0 Å². The molecule has 9 nitrogen and oxygen atoms in total. The molecule has 2 aromatic carbocycles. The number of benzene rings is 2. The van der Waals surface area contributed by atoms with Gasteiger partial charge in [-0.2, -0.15) is 5.10 Å². The van der Waals surface area contributed by atoms with E-state index in [0.717, 1.165) is 18.4 Å². The van der Waals surface area contributed by atoms with Crippen LogP contribution in [0.1, 0.15) is 40.2 Å². The highest BCUT2D eigenvalue weighted by Crippen LogP contribution is 2.55. The second kappa shape index (κ2) is 8.62. The average molecular weight is 519 g/mol. The van der Waals surface area contributed by atoms with Gasteiger partial charge < -0.3 is 14.6 Å². The summed E-state index contributed by atoms with van der Waals surface area (Å²) in [6.07, 6.45) is 7.03. The minimum atomic E-state index is -0.569. The maximum absolute atomic E-state index is 13.9. The number of Topliss-reactive ketones (excluding diaryl/α,β-unsaturated/α-hetero) is 1. The van der Waals surface area contributed by atoms with Crippen LogP contribution in [-0.2, 0) is 16.8 Å². The SMILES string of the molecule is COc1cnc(-n2cnc(C)n2)c2[nH]cc(C(=O)C(=O)N3CCc4c(-c5ccccc5)cccc4C34CC4)c12. The van der Waals surface area contributed by atoms with Gasteiger partial charge in [0, 0.05) is 12.7 Å². The third-order valence-electron chi connectivity index (χ3n) is 7.97. The molecule has 1 aliphatic carbocycles. The molecule has 1 amide bonds. The van der Waals surface area contributed by atoms with Crippen molar-refractivity contribution in [2.75, 3.05) is 13.7 Å². The Bertz CT molecular complexity index is 1770. The van der Waals surface area contributed by atoms with Crippen LogP contribution in [0.15, 0.2) is 67.3 Å². The summed E-state index contributed by atoms with van der Waals surface area (Å²) in [6.45, 7) is 2.28. The monoisotopic (exact) mass is 518 g/mol. The lowest BCUT2D eigenvalue weighted by atomic mass is 9.84. The number of amides is 1. The minimum Gasteiger partial charge on any atom is -0.494 e. The molecule has 2 aliphatic rings. The third-order valence-corrected chi connectivity index (χ3v) is 7.97. The van der Waals surface area contributed by atoms with E-state index >= 15 is 0 Å². The van der Waals surface area contributed by atoms with Crippen LogP contribution in [0.25, 0.3) is 27.8 Å². The van der Waals surface area contributed by atoms with E-state index in [-0.39, 0.29) is 5.56 Å². The van der Waals surface area contributed by atoms with Gasteiger partial charge in [-0.3, -0.25) is 9.59 Å². The average Bonchev–Trinajstić information content (AvgIpc) is 3.41. The van der Waals surface area contributed by atoms with Crippen molar-refractivity contribution in [3.8, 4) is 22.7 Å². The zero-order valence-corrected chi connectivity index (χ0v) is 21.6. The van der Waals surface area contributed by atoms with Crippen LogP contribution < -0.4 is 4.74 Å². The van der Waals surface area contributed by atoms with Crippen LogP contribution in [0.4, 0.5) is 0 Å². The molecule has 0 radical (unpaired) electrons. The maximum Gasteiger partial charge on any atom is 0.295 e. The van der Waals surface area contributed by atoms with Gasteiger partial charge in [0.2, 0.25) is 0 Å². The molecule has 194 valence electrons. The molecule has 7 rings (SSSR count). The van der Waals surface area contributed by atoms with E-state index in [0.29, 0.717) is 41.3 Å². The van der Waals surface area contributed by atoms with E-state index in [9.17, 15) is 9.59 Å². The van der Waals surface area contributed by atoms with Crippen molar-refractivity contribution in [3.05, 3.63) is 89.8 Å². The predicted octanol–water partition coefficient (Wildman–Crippen LogP) is 4.38. The molecule has 4 heterocycles. The topological polar surface area (TPSA) is 106 Å². The molecule has 0 saturated heterocycles. The number of H-pyrrole nitrogens is 1. The highest BCUT2D eigenvalue weighted by molar-refractivity contribution is 6.45. The second-order valence-electron chi connectivity index (χ2n) is 10.1. The summed E-state index contributed by atoms with van der Waals surface area (Å²) in [5.74, 6) is 0.397. The van der Waals surface area contributed by atoms with Gasteiger partial charge >= 0.3 is 0 Å². The first kappa shape index (κ1) is 23.3. The van der Waals surface area contributed by atoms with Crippen LogP contribution in [0.2, 0.25) is 0 Å². The summed E-state index contributed by atoms with van der Waals surface area (Å²) in [4.78, 5) is 41.3. The van der Waals surface area contributed by atoms with Crippen LogP contribution in [0.3, 0.4) is 0 Å². The zero-order valence-electron chi connectivity index (χ0n) is 21.6. The summed E-state index contributed by atoms with van der Waals surface area (Å²) >= 11 is 0.